The molecule has 1 rings (SSSR count). The van der Waals surface area contributed by atoms with Crippen LogP contribution in [0.15, 0.2) is 18.2 Å². The number of nitrogens with one attached hydrogen (secondary N) is 2. The van der Waals surface area contributed by atoms with E-state index in [2.05, 4.69) is 22.5 Å². The molecule has 0 saturated carbocycles. The van der Waals surface area contributed by atoms with Crippen molar-refractivity contribution in [3.05, 3.63) is 23.8 Å². The molecule has 0 unspecified atom stereocenters. The van der Waals surface area contributed by atoms with Crippen molar-refractivity contribution in [3.63, 3.8) is 0 Å². The Kier molecular flexibility index (Phi) is 7.53. The largest absolute Gasteiger partial charge is 0.427 e. The minimum atomic E-state index is -0.999. The minimum absolute atomic E-state index is 0.0875. The lowest BCUT2D eigenvalue weighted by Crippen LogP contribution is -2.49. The van der Waals surface area contributed by atoms with Crippen LogP contribution in [-0.2, 0) is 4.65 Å². The zero-order chi connectivity index (χ0) is 20.9. The molecule has 0 spiro atoms. The third-order valence-corrected chi connectivity index (χ3v) is 4.38. The van der Waals surface area contributed by atoms with E-state index >= 15 is 0 Å². The lowest BCUT2D eigenvalue weighted by Gasteiger charge is -2.37. The number of hydrogen-bond acceptors (Lipinski definition) is 3. The van der Waals surface area contributed by atoms with E-state index < -0.39 is 11.2 Å². The maximum atomic E-state index is 12.1. The van der Waals surface area contributed by atoms with E-state index in [0.29, 0.717) is 5.69 Å². The fourth-order valence-corrected chi connectivity index (χ4v) is 1.87. The number of carbonyl (C=O) groups is 1. The van der Waals surface area contributed by atoms with Crippen LogP contribution in [0, 0.1) is 24.2 Å². The fourth-order valence-electron chi connectivity index (χ4n) is 1.87. The SMILES string of the molecule is Cc1c([B]OC(C)(C)C(C)(C)O)cccc1NC(=O)NCC#CC(C)(C)C. The van der Waals surface area contributed by atoms with E-state index in [9.17, 15) is 9.90 Å². The molecule has 0 aromatic heterocycles. The molecule has 27 heavy (non-hydrogen) atoms. The number of amides is 2. The fraction of sp³-hybridized carbons (Fsp3) is 0.571. The maximum absolute atomic E-state index is 12.1. The summed E-state index contributed by atoms with van der Waals surface area (Å²) in [6.07, 6.45) is 0. The predicted octanol–water partition coefficient (Wildman–Crippen LogP) is 2.98. The Bertz CT molecular complexity index is 720. The van der Waals surface area contributed by atoms with Gasteiger partial charge >= 0.3 is 13.5 Å². The van der Waals surface area contributed by atoms with Crippen molar-refractivity contribution >= 4 is 24.7 Å². The van der Waals surface area contributed by atoms with Gasteiger partial charge in [0.15, 0.2) is 0 Å². The molecule has 0 saturated heterocycles. The van der Waals surface area contributed by atoms with E-state index in [1.54, 1.807) is 21.3 Å². The van der Waals surface area contributed by atoms with Crippen LogP contribution < -0.4 is 16.1 Å². The van der Waals surface area contributed by atoms with Gasteiger partial charge in [-0.3, -0.25) is 0 Å². The molecule has 0 bridgehead atoms. The Hall–Kier alpha value is -1.97. The van der Waals surface area contributed by atoms with Gasteiger partial charge in [0, 0.05) is 11.1 Å². The van der Waals surface area contributed by atoms with Gasteiger partial charge in [-0.15, -0.1) is 0 Å². The van der Waals surface area contributed by atoms with Crippen molar-refractivity contribution in [2.45, 2.75) is 66.6 Å². The highest BCUT2D eigenvalue weighted by molar-refractivity contribution is 6.48. The number of carbonyl (C=O) groups excluding carboxylic acids is 1. The van der Waals surface area contributed by atoms with Gasteiger partial charge in [-0.1, -0.05) is 24.0 Å². The molecule has 0 aliphatic rings. The van der Waals surface area contributed by atoms with E-state index in [1.807, 2.05) is 59.7 Å². The van der Waals surface area contributed by atoms with Crippen molar-refractivity contribution in [3.8, 4) is 11.8 Å². The highest BCUT2D eigenvalue weighted by Crippen LogP contribution is 2.24. The first-order valence-electron chi connectivity index (χ1n) is 9.11. The number of urea groups is 1. The number of aliphatic hydroxyl groups is 1. The summed E-state index contributed by atoms with van der Waals surface area (Å²) in [5.74, 6) is 6.02. The van der Waals surface area contributed by atoms with Crippen LogP contribution in [0.4, 0.5) is 10.5 Å². The van der Waals surface area contributed by atoms with Crippen LogP contribution in [-0.4, -0.2) is 36.4 Å². The van der Waals surface area contributed by atoms with Crippen LogP contribution in [0.3, 0.4) is 0 Å². The average Bonchev–Trinajstić information content (AvgIpc) is 2.50. The molecule has 0 aliphatic heterocycles. The summed E-state index contributed by atoms with van der Waals surface area (Å²) in [5.41, 5.74) is 0.551. The van der Waals surface area contributed by atoms with Crippen LogP contribution in [0.25, 0.3) is 0 Å². The lowest BCUT2D eigenvalue weighted by atomic mass is 9.80. The van der Waals surface area contributed by atoms with Crippen molar-refractivity contribution in [1.82, 2.24) is 5.32 Å². The second-order valence-electron chi connectivity index (χ2n) is 8.68. The molecule has 1 aromatic carbocycles. The Morgan fingerprint density at radius 1 is 1.19 bits per heavy atom. The second kappa shape index (κ2) is 8.82. The summed E-state index contributed by atoms with van der Waals surface area (Å²) in [4.78, 5) is 12.1. The molecular weight excluding hydrogens is 339 g/mol. The first-order valence-corrected chi connectivity index (χ1v) is 9.11. The lowest BCUT2D eigenvalue weighted by molar-refractivity contribution is -0.0893. The van der Waals surface area contributed by atoms with Gasteiger partial charge in [0.1, 0.15) is 0 Å². The predicted molar refractivity (Wildman–Crippen MR) is 112 cm³/mol. The van der Waals surface area contributed by atoms with E-state index in [4.69, 9.17) is 4.65 Å². The molecule has 0 heterocycles. The van der Waals surface area contributed by atoms with Crippen LogP contribution in [0.5, 0.6) is 0 Å². The molecule has 6 heteroatoms. The molecule has 147 valence electrons. The number of hydrogen-bond donors (Lipinski definition) is 3. The minimum Gasteiger partial charge on any atom is -0.427 e. The molecule has 0 atom stereocenters. The van der Waals surface area contributed by atoms with E-state index in [-0.39, 0.29) is 18.0 Å². The highest BCUT2D eigenvalue weighted by Gasteiger charge is 2.35. The van der Waals surface area contributed by atoms with Gasteiger partial charge in [0.2, 0.25) is 0 Å². The Labute approximate surface area is 164 Å². The summed E-state index contributed by atoms with van der Waals surface area (Å²) in [6, 6.07) is 5.26. The van der Waals surface area contributed by atoms with Crippen molar-refractivity contribution < 1.29 is 14.6 Å². The Balaban J connectivity index is 2.72. The standard InChI is InChI=1S/C21H32BN2O3/c1-15-16(22-27-21(7,8)20(5,6)26)11-9-12-17(15)24-18(25)23-14-10-13-19(2,3)4/h9,11-12,26H,14H2,1-8H3,(H2,23,24,25). The normalized spacial score (nSPS) is 12.0. The zero-order valence-electron chi connectivity index (χ0n) is 17.8. The second-order valence-corrected chi connectivity index (χ2v) is 8.68. The molecule has 1 radical (unpaired) electrons. The van der Waals surface area contributed by atoms with Gasteiger partial charge in [-0.05, 0) is 72.5 Å². The molecular formula is C21H32BN2O3. The van der Waals surface area contributed by atoms with Gasteiger partial charge in [-0.25, -0.2) is 4.79 Å². The topological polar surface area (TPSA) is 70.6 Å². The summed E-state index contributed by atoms with van der Waals surface area (Å²) in [7, 11) is 1.62. The quantitative estimate of drug-likeness (QED) is 0.532. The van der Waals surface area contributed by atoms with Gasteiger partial charge in [0.25, 0.3) is 0 Å². The molecule has 1 aromatic rings. The van der Waals surface area contributed by atoms with Crippen LogP contribution in [0.2, 0.25) is 0 Å². The molecule has 3 N–H and O–H groups in total. The summed E-state index contributed by atoms with van der Waals surface area (Å²) >= 11 is 0. The maximum Gasteiger partial charge on any atom is 0.331 e. The number of rotatable bonds is 6. The first-order chi connectivity index (χ1) is 12.2. The van der Waals surface area contributed by atoms with Gasteiger partial charge in [0.05, 0.1) is 17.7 Å². The Morgan fingerprint density at radius 3 is 2.37 bits per heavy atom. The number of benzene rings is 1. The zero-order valence-corrected chi connectivity index (χ0v) is 17.8. The Morgan fingerprint density at radius 2 is 1.81 bits per heavy atom. The highest BCUT2D eigenvalue weighted by atomic mass is 16.5. The molecule has 0 fully saturated rings. The number of anilines is 1. The molecule has 2 amide bonds. The first kappa shape index (κ1) is 23.1. The van der Waals surface area contributed by atoms with Gasteiger partial charge < -0.3 is 20.4 Å². The van der Waals surface area contributed by atoms with E-state index in [0.717, 1.165) is 11.0 Å². The van der Waals surface area contributed by atoms with Crippen molar-refractivity contribution in [2.75, 3.05) is 11.9 Å². The van der Waals surface area contributed by atoms with Gasteiger partial charge in [-0.2, -0.15) is 0 Å². The smallest absolute Gasteiger partial charge is 0.331 e. The van der Waals surface area contributed by atoms with Crippen molar-refractivity contribution in [1.29, 1.82) is 0 Å². The summed E-state index contributed by atoms with van der Waals surface area (Å²) in [5, 5.41) is 15.8. The third-order valence-electron chi connectivity index (χ3n) is 4.38. The van der Waals surface area contributed by atoms with Crippen LogP contribution in [0.1, 0.15) is 54.0 Å². The summed E-state index contributed by atoms with van der Waals surface area (Å²) in [6.45, 7) is 15.3. The monoisotopic (exact) mass is 371 g/mol. The third kappa shape index (κ3) is 7.66. The van der Waals surface area contributed by atoms with Crippen LogP contribution >= 0.6 is 0 Å². The molecule has 0 aliphatic carbocycles. The van der Waals surface area contributed by atoms with E-state index in [1.165, 1.54) is 0 Å². The summed E-state index contributed by atoms with van der Waals surface area (Å²) < 4.78 is 5.81. The van der Waals surface area contributed by atoms with Crippen molar-refractivity contribution in [2.24, 2.45) is 5.41 Å². The average molecular weight is 371 g/mol. The molecule has 5 nitrogen and oxygen atoms in total.